The van der Waals surface area contributed by atoms with Crippen LogP contribution in [0.1, 0.15) is 33.6 Å². The van der Waals surface area contributed by atoms with Crippen LogP contribution in [-0.2, 0) is 4.74 Å². The molecule has 0 aromatic carbocycles. The second kappa shape index (κ2) is 9.30. The Labute approximate surface area is 120 Å². The number of aromatic nitrogens is 3. The van der Waals surface area contributed by atoms with Gasteiger partial charge in [0.05, 0.1) is 12.7 Å². The molecule has 0 fully saturated rings. The molecule has 1 aromatic rings. The van der Waals surface area contributed by atoms with Gasteiger partial charge >= 0.3 is 6.01 Å². The number of hydrogen-bond acceptors (Lipinski definition) is 7. The van der Waals surface area contributed by atoms with E-state index in [0.29, 0.717) is 31.1 Å². The number of hydrogen-bond donors (Lipinski definition) is 2. The summed E-state index contributed by atoms with van der Waals surface area (Å²) in [6.07, 6.45) is 2.25. The highest BCUT2D eigenvalue weighted by Gasteiger charge is 2.07. The summed E-state index contributed by atoms with van der Waals surface area (Å²) in [6.45, 7) is 8.06. The van der Waals surface area contributed by atoms with Crippen LogP contribution in [0.3, 0.4) is 0 Å². The Hall–Kier alpha value is -1.63. The van der Waals surface area contributed by atoms with Crippen molar-refractivity contribution in [3.8, 4) is 6.01 Å². The number of ether oxygens (including phenoxy) is 2. The molecule has 0 atom stereocenters. The number of unbranched alkanes of at least 4 members (excludes halogenated alkanes) is 1. The molecule has 0 amide bonds. The van der Waals surface area contributed by atoms with Gasteiger partial charge in [0, 0.05) is 20.2 Å². The Morgan fingerprint density at radius 2 is 1.85 bits per heavy atom. The third-order valence-corrected chi connectivity index (χ3v) is 2.35. The first-order valence-corrected chi connectivity index (χ1v) is 7.07. The topological polar surface area (TPSA) is 81.2 Å². The van der Waals surface area contributed by atoms with Crippen molar-refractivity contribution < 1.29 is 9.47 Å². The van der Waals surface area contributed by atoms with Crippen molar-refractivity contribution in [1.29, 1.82) is 0 Å². The van der Waals surface area contributed by atoms with Crippen molar-refractivity contribution in [1.82, 2.24) is 15.0 Å². The Morgan fingerprint density at radius 3 is 2.50 bits per heavy atom. The Kier molecular flexibility index (Phi) is 7.64. The molecule has 0 radical (unpaired) electrons. The molecule has 0 spiro atoms. The smallest absolute Gasteiger partial charge is 0.323 e. The van der Waals surface area contributed by atoms with Crippen molar-refractivity contribution in [2.45, 2.75) is 39.7 Å². The predicted molar refractivity (Wildman–Crippen MR) is 79.4 cm³/mol. The first-order chi connectivity index (χ1) is 9.65. The van der Waals surface area contributed by atoms with Gasteiger partial charge in [0.2, 0.25) is 11.9 Å². The summed E-state index contributed by atoms with van der Waals surface area (Å²) in [4.78, 5) is 12.6. The zero-order valence-electron chi connectivity index (χ0n) is 12.8. The molecule has 2 N–H and O–H groups in total. The molecule has 0 aliphatic carbocycles. The highest BCUT2D eigenvalue weighted by Crippen LogP contribution is 2.11. The van der Waals surface area contributed by atoms with Crippen LogP contribution >= 0.6 is 0 Å². The fourth-order valence-corrected chi connectivity index (χ4v) is 1.39. The third-order valence-electron chi connectivity index (χ3n) is 2.35. The molecule has 20 heavy (non-hydrogen) atoms. The summed E-state index contributed by atoms with van der Waals surface area (Å²) in [5.41, 5.74) is 0. The average Bonchev–Trinajstić information content (AvgIpc) is 2.41. The minimum absolute atomic E-state index is 0.0207. The van der Waals surface area contributed by atoms with Crippen molar-refractivity contribution in [2.24, 2.45) is 0 Å². The van der Waals surface area contributed by atoms with Crippen molar-refractivity contribution >= 4 is 11.9 Å². The van der Waals surface area contributed by atoms with E-state index >= 15 is 0 Å². The highest BCUT2D eigenvalue weighted by molar-refractivity contribution is 5.35. The summed E-state index contributed by atoms with van der Waals surface area (Å²) in [5, 5.41) is 5.99. The maximum Gasteiger partial charge on any atom is 0.323 e. The molecule has 1 aromatic heterocycles. The van der Waals surface area contributed by atoms with E-state index < -0.39 is 0 Å². The number of anilines is 2. The lowest BCUT2D eigenvalue weighted by molar-refractivity contribution is 0.141. The van der Waals surface area contributed by atoms with Crippen LogP contribution in [0.5, 0.6) is 6.01 Å². The van der Waals surface area contributed by atoms with Crippen molar-refractivity contribution in [3.05, 3.63) is 0 Å². The van der Waals surface area contributed by atoms with Gasteiger partial charge in [-0.1, -0.05) is 13.3 Å². The summed E-state index contributed by atoms with van der Waals surface area (Å²) >= 11 is 0. The summed E-state index contributed by atoms with van der Waals surface area (Å²) in [7, 11) is 1.76. The summed E-state index contributed by atoms with van der Waals surface area (Å²) in [6, 6.07) is 0.314. The molecule has 1 rings (SSSR count). The van der Waals surface area contributed by atoms with E-state index in [0.717, 1.165) is 19.4 Å². The number of nitrogens with zero attached hydrogens (tertiary/aromatic N) is 3. The molecular formula is C13H25N5O2. The van der Waals surface area contributed by atoms with Crippen LogP contribution < -0.4 is 15.4 Å². The predicted octanol–water partition coefficient (Wildman–Crippen LogP) is 1.93. The number of nitrogens with one attached hydrogen (secondary N) is 2. The van der Waals surface area contributed by atoms with E-state index in [1.807, 2.05) is 13.8 Å². The molecule has 1 heterocycles. The van der Waals surface area contributed by atoms with Crippen LogP contribution in [0.25, 0.3) is 0 Å². The largest absolute Gasteiger partial charge is 0.461 e. The number of rotatable bonds is 10. The lowest BCUT2D eigenvalue weighted by Gasteiger charge is -2.11. The average molecular weight is 283 g/mol. The van der Waals surface area contributed by atoms with E-state index in [1.165, 1.54) is 0 Å². The van der Waals surface area contributed by atoms with Gasteiger partial charge in [-0.3, -0.25) is 0 Å². The Morgan fingerprint density at radius 1 is 1.10 bits per heavy atom. The fraction of sp³-hybridized carbons (Fsp3) is 0.769. The summed E-state index contributed by atoms with van der Waals surface area (Å²) in [5.74, 6) is 0.962. The summed E-state index contributed by atoms with van der Waals surface area (Å²) < 4.78 is 10.9. The quantitative estimate of drug-likeness (QED) is 0.635. The first kappa shape index (κ1) is 16.4. The standard InChI is InChI=1S/C13H25N5O2/c1-5-6-8-19-9-7-15-12-16-11(14-4)17-13(18-12)20-10(2)3/h10H,5-9H2,1-4H3,(H2,14,15,16,17,18). The van der Waals surface area contributed by atoms with Crippen LogP contribution in [-0.4, -0.2) is 47.9 Å². The molecule has 0 saturated heterocycles. The monoisotopic (exact) mass is 283 g/mol. The molecule has 114 valence electrons. The zero-order chi connectivity index (χ0) is 14.8. The molecule has 0 unspecified atom stereocenters. The molecule has 0 aliphatic rings. The Balaban J connectivity index is 2.47. The SMILES string of the molecule is CCCCOCCNc1nc(NC)nc(OC(C)C)n1. The minimum Gasteiger partial charge on any atom is -0.461 e. The lowest BCUT2D eigenvalue weighted by Crippen LogP contribution is -2.15. The molecule has 7 nitrogen and oxygen atoms in total. The molecule has 0 saturated carbocycles. The van der Waals surface area contributed by atoms with Gasteiger partial charge in [0.1, 0.15) is 0 Å². The van der Waals surface area contributed by atoms with Gasteiger partial charge in [-0.15, -0.1) is 0 Å². The fourth-order valence-electron chi connectivity index (χ4n) is 1.39. The molecular weight excluding hydrogens is 258 g/mol. The van der Waals surface area contributed by atoms with Gasteiger partial charge in [-0.05, 0) is 20.3 Å². The maximum absolute atomic E-state index is 5.48. The molecule has 0 aliphatic heterocycles. The van der Waals surface area contributed by atoms with Gasteiger partial charge in [-0.2, -0.15) is 15.0 Å². The van der Waals surface area contributed by atoms with E-state index in [4.69, 9.17) is 9.47 Å². The van der Waals surface area contributed by atoms with Gasteiger partial charge < -0.3 is 20.1 Å². The third kappa shape index (κ3) is 6.51. The van der Waals surface area contributed by atoms with Crippen molar-refractivity contribution in [2.75, 3.05) is 37.4 Å². The van der Waals surface area contributed by atoms with Gasteiger partial charge in [0.25, 0.3) is 0 Å². The van der Waals surface area contributed by atoms with Crippen molar-refractivity contribution in [3.63, 3.8) is 0 Å². The minimum atomic E-state index is 0.0207. The lowest BCUT2D eigenvalue weighted by atomic mass is 10.4. The van der Waals surface area contributed by atoms with E-state index in [1.54, 1.807) is 7.05 Å². The van der Waals surface area contributed by atoms with E-state index in [2.05, 4.69) is 32.5 Å². The van der Waals surface area contributed by atoms with Crippen LogP contribution in [0, 0.1) is 0 Å². The second-order valence-corrected chi connectivity index (χ2v) is 4.57. The zero-order valence-corrected chi connectivity index (χ0v) is 12.8. The van der Waals surface area contributed by atoms with Gasteiger partial charge in [0.15, 0.2) is 0 Å². The van der Waals surface area contributed by atoms with Gasteiger partial charge in [-0.25, -0.2) is 0 Å². The Bertz CT molecular complexity index is 387. The maximum atomic E-state index is 5.48. The second-order valence-electron chi connectivity index (χ2n) is 4.57. The first-order valence-electron chi connectivity index (χ1n) is 7.07. The highest BCUT2D eigenvalue weighted by atomic mass is 16.5. The van der Waals surface area contributed by atoms with E-state index in [-0.39, 0.29) is 6.10 Å². The van der Waals surface area contributed by atoms with Crippen LogP contribution in [0.2, 0.25) is 0 Å². The van der Waals surface area contributed by atoms with Crippen LogP contribution in [0.4, 0.5) is 11.9 Å². The van der Waals surface area contributed by atoms with E-state index in [9.17, 15) is 0 Å². The molecule has 7 heteroatoms. The molecule has 0 bridgehead atoms. The normalized spacial score (nSPS) is 10.7. The van der Waals surface area contributed by atoms with Crippen LogP contribution in [0.15, 0.2) is 0 Å².